The summed E-state index contributed by atoms with van der Waals surface area (Å²) in [7, 11) is 4.40. The van der Waals surface area contributed by atoms with Crippen LogP contribution in [0.25, 0.3) is 0 Å². The predicted octanol–water partition coefficient (Wildman–Crippen LogP) is 2.46. The third-order valence-corrected chi connectivity index (χ3v) is 29.1. The van der Waals surface area contributed by atoms with Crippen molar-refractivity contribution in [1.29, 1.82) is 0 Å². The van der Waals surface area contributed by atoms with E-state index >= 15 is 0 Å². The fraction of sp³-hybridized carbons (Fsp3) is 0.455. The SMILES string of the molecule is [CH3][Sn]1([c]2ccccc2)[S]CCOCC[S]1. The van der Waals surface area contributed by atoms with Crippen LogP contribution in [0.1, 0.15) is 0 Å². The van der Waals surface area contributed by atoms with Crippen molar-refractivity contribution >= 4 is 37.1 Å². The van der Waals surface area contributed by atoms with Gasteiger partial charge in [-0.2, -0.15) is 0 Å². The first kappa shape index (κ1) is 12.1. The van der Waals surface area contributed by atoms with Crippen LogP contribution in [0, 0.1) is 0 Å². The number of ether oxygens (including phenoxy) is 1. The monoisotopic (exact) mass is 348 g/mol. The van der Waals surface area contributed by atoms with E-state index in [9.17, 15) is 0 Å². The van der Waals surface area contributed by atoms with Crippen molar-refractivity contribution < 1.29 is 4.74 Å². The zero-order valence-corrected chi connectivity index (χ0v) is 13.4. The Morgan fingerprint density at radius 3 is 2.27 bits per heavy atom. The third kappa shape index (κ3) is 3.32. The summed E-state index contributed by atoms with van der Waals surface area (Å²) >= 11 is -2.13. The molecule has 1 saturated heterocycles. The molecule has 0 atom stereocenters. The molecule has 0 radical (unpaired) electrons. The predicted molar refractivity (Wildman–Crippen MR) is 73.4 cm³/mol. The first-order valence-electron chi connectivity index (χ1n) is 5.22. The van der Waals surface area contributed by atoms with Crippen molar-refractivity contribution in [2.24, 2.45) is 0 Å². The van der Waals surface area contributed by atoms with E-state index in [-0.39, 0.29) is 0 Å². The maximum absolute atomic E-state index is 5.50. The summed E-state index contributed by atoms with van der Waals surface area (Å²) < 4.78 is 7.12. The average molecular weight is 347 g/mol. The zero-order chi connectivity index (χ0) is 10.6. The second-order valence-corrected chi connectivity index (χ2v) is 29.7. The summed E-state index contributed by atoms with van der Waals surface area (Å²) in [6.45, 7) is 1.87. The molecule has 2 rings (SSSR count). The summed E-state index contributed by atoms with van der Waals surface area (Å²) in [5.74, 6) is 2.35. The molecule has 1 aliphatic rings. The number of benzene rings is 1. The standard InChI is InChI=1S/C6H5.C4H10OS2.CH3.Sn/c1-2-4-6-5-3-1;6-3-1-5-2-4-7;;/h1-5H;6-7H,1-4H2;1H3;/q;;;+2/p-2. The Labute approximate surface area is 101 Å². The molecule has 82 valence electrons. The Bertz CT molecular complexity index is 297. The van der Waals surface area contributed by atoms with Crippen LogP contribution in [-0.4, -0.2) is 40.3 Å². The van der Waals surface area contributed by atoms with Crippen LogP contribution in [0.5, 0.6) is 0 Å². The Balaban J connectivity index is 2.15. The van der Waals surface area contributed by atoms with Gasteiger partial charge in [-0.3, -0.25) is 0 Å². The average Bonchev–Trinajstić information content (AvgIpc) is 2.25. The summed E-state index contributed by atoms with van der Waals surface area (Å²) in [4.78, 5) is 2.53. The first-order valence-corrected chi connectivity index (χ1v) is 18.5. The molecule has 0 spiro atoms. The minimum atomic E-state index is -2.13. The van der Waals surface area contributed by atoms with E-state index in [0.717, 1.165) is 13.2 Å². The van der Waals surface area contributed by atoms with Crippen molar-refractivity contribution in [3.05, 3.63) is 30.3 Å². The van der Waals surface area contributed by atoms with E-state index in [0.29, 0.717) is 0 Å². The van der Waals surface area contributed by atoms with E-state index in [4.69, 9.17) is 4.74 Å². The van der Waals surface area contributed by atoms with Crippen molar-refractivity contribution in [1.82, 2.24) is 0 Å². The Hall–Kier alpha value is 0.679. The van der Waals surface area contributed by atoms with Crippen LogP contribution in [0.2, 0.25) is 4.94 Å². The van der Waals surface area contributed by atoms with Gasteiger partial charge in [-0.1, -0.05) is 0 Å². The quantitative estimate of drug-likeness (QED) is 0.723. The van der Waals surface area contributed by atoms with Crippen LogP contribution < -0.4 is 3.58 Å². The molecule has 1 aliphatic heterocycles. The second kappa shape index (κ2) is 5.84. The van der Waals surface area contributed by atoms with Gasteiger partial charge in [0, 0.05) is 0 Å². The van der Waals surface area contributed by atoms with Crippen molar-refractivity contribution in [2.75, 3.05) is 24.7 Å². The molecule has 0 N–H and O–H groups in total. The van der Waals surface area contributed by atoms with Crippen LogP contribution in [0.15, 0.2) is 30.3 Å². The molecule has 4 heteroatoms. The van der Waals surface area contributed by atoms with E-state index in [1.807, 2.05) is 0 Å². The molecule has 1 heterocycles. The molecular weight excluding hydrogens is 331 g/mol. The van der Waals surface area contributed by atoms with Crippen LogP contribution >= 0.6 is 17.9 Å². The molecule has 0 saturated carbocycles. The normalized spacial score (nSPS) is 21.7. The topological polar surface area (TPSA) is 9.23 Å². The molecule has 15 heavy (non-hydrogen) atoms. The fourth-order valence-corrected chi connectivity index (χ4v) is 24.0. The molecule has 0 bridgehead atoms. The van der Waals surface area contributed by atoms with Crippen LogP contribution in [0.3, 0.4) is 0 Å². The number of hydrogen-bond donors (Lipinski definition) is 0. The summed E-state index contributed by atoms with van der Waals surface area (Å²) in [5.41, 5.74) is 0. The van der Waals surface area contributed by atoms with Gasteiger partial charge in [0.1, 0.15) is 0 Å². The van der Waals surface area contributed by atoms with Gasteiger partial charge in [0.25, 0.3) is 0 Å². The summed E-state index contributed by atoms with van der Waals surface area (Å²) in [6.07, 6.45) is 0. The summed E-state index contributed by atoms with van der Waals surface area (Å²) in [6, 6.07) is 11.1. The Morgan fingerprint density at radius 1 is 1.07 bits per heavy atom. The molecular formula is C11H16OS2Sn. The van der Waals surface area contributed by atoms with Crippen LogP contribution in [-0.2, 0) is 4.74 Å². The zero-order valence-electron chi connectivity index (χ0n) is 8.94. The Kier molecular flexibility index (Phi) is 4.73. The van der Waals surface area contributed by atoms with Gasteiger partial charge in [0.05, 0.1) is 0 Å². The van der Waals surface area contributed by atoms with Crippen molar-refractivity contribution in [3.63, 3.8) is 0 Å². The minimum absolute atomic E-state index is 0.935. The van der Waals surface area contributed by atoms with Gasteiger partial charge < -0.3 is 0 Å². The maximum atomic E-state index is 5.50. The van der Waals surface area contributed by atoms with Crippen molar-refractivity contribution in [3.8, 4) is 0 Å². The third-order valence-electron chi connectivity index (χ3n) is 2.51. The molecule has 1 aromatic rings. The van der Waals surface area contributed by atoms with Crippen molar-refractivity contribution in [2.45, 2.75) is 4.94 Å². The molecule has 0 unspecified atom stereocenters. The molecule has 0 aromatic heterocycles. The van der Waals surface area contributed by atoms with Gasteiger partial charge >= 0.3 is 102 Å². The van der Waals surface area contributed by atoms with Gasteiger partial charge in [0.15, 0.2) is 0 Å². The van der Waals surface area contributed by atoms with Gasteiger partial charge in [-0.15, -0.1) is 0 Å². The molecule has 1 nitrogen and oxygen atoms in total. The van der Waals surface area contributed by atoms with Gasteiger partial charge in [-0.05, 0) is 0 Å². The molecule has 0 amide bonds. The fourth-order valence-electron chi connectivity index (χ4n) is 1.64. The van der Waals surface area contributed by atoms with Gasteiger partial charge in [0.2, 0.25) is 0 Å². The first-order chi connectivity index (χ1) is 7.31. The van der Waals surface area contributed by atoms with E-state index in [1.54, 1.807) is 3.58 Å². The molecule has 0 aliphatic carbocycles. The molecule has 1 aromatic carbocycles. The second-order valence-electron chi connectivity index (χ2n) is 3.62. The van der Waals surface area contributed by atoms with E-state index in [2.05, 4.69) is 53.2 Å². The van der Waals surface area contributed by atoms with E-state index < -0.39 is 15.6 Å². The summed E-state index contributed by atoms with van der Waals surface area (Å²) in [5, 5.41) is 0. The molecule has 1 fully saturated rings. The van der Waals surface area contributed by atoms with Crippen LogP contribution in [0.4, 0.5) is 0 Å². The Morgan fingerprint density at radius 2 is 1.67 bits per heavy atom. The number of rotatable bonds is 1. The van der Waals surface area contributed by atoms with Gasteiger partial charge in [-0.25, -0.2) is 0 Å². The number of hydrogen-bond acceptors (Lipinski definition) is 3. The van der Waals surface area contributed by atoms with E-state index in [1.165, 1.54) is 11.5 Å².